The smallest absolute Gasteiger partial charge is 0.307 e. The van der Waals surface area contributed by atoms with Gasteiger partial charge in [0.2, 0.25) is 5.91 Å². The lowest BCUT2D eigenvalue weighted by atomic mass is 10.1. The molecule has 0 spiro atoms. The molecule has 0 bridgehead atoms. The van der Waals surface area contributed by atoms with Crippen LogP contribution >= 0.6 is 0 Å². The molecule has 1 aliphatic heterocycles. The van der Waals surface area contributed by atoms with Gasteiger partial charge in [0.25, 0.3) is 11.8 Å². The van der Waals surface area contributed by atoms with E-state index in [1.165, 1.54) is 4.90 Å². The van der Waals surface area contributed by atoms with Crippen LogP contribution in [0.15, 0.2) is 18.2 Å². The zero-order valence-corrected chi connectivity index (χ0v) is 17.1. The van der Waals surface area contributed by atoms with Gasteiger partial charge in [-0.2, -0.15) is 0 Å². The van der Waals surface area contributed by atoms with Crippen LogP contribution in [0.4, 0.5) is 0 Å². The summed E-state index contributed by atoms with van der Waals surface area (Å²) in [5, 5.41) is 0. The average Bonchev–Trinajstić information content (AvgIpc) is 3.48. The SMILES string of the molecule is CCOC(=O)CCN(CC1CC1)C(=O)CCCN1C(=O)c2ccc(C)cc2C1=O. The Morgan fingerprint density at radius 2 is 1.86 bits per heavy atom. The lowest BCUT2D eigenvalue weighted by Crippen LogP contribution is -2.36. The summed E-state index contributed by atoms with van der Waals surface area (Å²) in [7, 11) is 0. The van der Waals surface area contributed by atoms with Crippen LogP contribution in [0.25, 0.3) is 0 Å². The summed E-state index contributed by atoms with van der Waals surface area (Å²) in [6, 6.07) is 5.23. The number of rotatable bonds is 10. The van der Waals surface area contributed by atoms with Gasteiger partial charge in [-0.05, 0) is 51.2 Å². The standard InChI is InChI=1S/C22H28N2O5/c1-3-29-20(26)10-12-23(14-16-7-8-16)19(25)5-4-11-24-21(27)17-9-6-15(2)13-18(17)22(24)28/h6,9,13,16H,3-5,7-8,10-12,14H2,1-2H3. The Bertz CT molecular complexity index is 815. The molecule has 0 radical (unpaired) electrons. The number of ether oxygens (including phenoxy) is 1. The molecule has 0 atom stereocenters. The molecule has 0 unspecified atom stereocenters. The van der Waals surface area contributed by atoms with E-state index in [9.17, 15) is 19.2 Å². The number of carbonyl (C=O) groups is 4. The molecule has 29 heavy (non-hydrogen) atoms. The number of benzene rings is 1. The minimum absolute atomic E-state index is 0.0475. The van der Waals surface area contributed by atoms with Crippen LogP contribution in [0.5, 0.6) is 0 Å². The fourth-order valence-electron chi connectivity index (χ4n) is 3.54. The Labute approximate surface area is 171 Å². The van der Waals surface area contributed by atoms with Crippen molar-refractivity contribution in [2.45, 2.75) is 46.0 Å². The molecule has 1 aromatic rings. The van der Waals surface area contributed by atoms with E-state index in [1.807, 2.05) is 13.0 Å². The Balaban J connectivity index is 1.51. The highest BCUT2D eigenvalue weighted by molar-refractivity contribution is 6.21. The largest absolute Gasteiger partial charge is 0.466 e. The number of carbonyl (C=O) groups excluding carboxylic acids is 4. The van der Waals surface area contributed by atoms with Gasteiger partial charge in [-0.15, -0.1) is 0 Å². The number of imide groups is 1. The molecule has 2 aliphatic rings. The van der Waals surface area contributed by atoms with Crippen LogP contribution in [-0.4, -0.2) is 59.7 Å². The van der Waals surface area contributed by atoms with Gasteiger partial charge in [0.05, 0.1) is 24.2 Å². The maximum Gasteiger partial charge on any atom is 0.307 e. The molecular weight excluding hydrogens is 372 g/mol. The van der Waals surface area contributed by atoms with E-state index in [2.05, 4.69) is 0 Å². The van der Waals surface area contributed by atoms with E-state index in [0.29, 0.717) is 43.2 Å². The van der Waals surface area contributed by atoms with Gasteiger partial charge in [-0.25, -0.2) is 0 Å². The number of nitrogens with zero attached hydrogens (tertiary/aromatic N) is 2. The van der Waals surface area contributed by atoms with Crippen molar-refractivity contribution in [1.82, 2.24) is 9.80 Å². The molecule has 0 N–H and O–H groups in total. The Morgan fingerprint density at radius 1 is 1.14 bits per heavy atom. The fraction of sp³-hybridized carbons (Fsp3) is 0.545. The van der Waals surface area contributed by atoms with Crippen molar-refractivity contribution in [3.05, 3.63) is 34.9 Å². The van der Waals surface area contributed by atoms with Gasteiger partial charge in [0.1, 0.15) is 0 Å². The molecule has 3 amide bonds. The normalized spacial score (nSPS) is 15.4. The average molecular weight is 400 g/mol. The molecule has 1 heterocycles. The lowest BCUT2D eigenvalue weighted by Gasteiger charge is -2.23. The Morgan fingerprint density at radius 3 is 2.55 bits per heavy atom. The molecule has 0 aromatic heterocycles. The van der Waals surface area contributed by atoms with Crippen LogP contribution in [0.3, 0.4) is 0 Å². The van der Waals surface area contributed by atoms with Crippen LogP contribution in [0, 0.1) is 12.8 Å². The molecule has 1 aliphatic carbocycles. The predicted molar refractivity (Wildman–Crippen MR) is 106 cm³/mol. The van der Waals surface area contributed by atoms with Gasteiger partial charge < -0.3 is 9.64 Å². The minimum Gasteiger partial charge on any atom is -0.466 e. The molecule has 3 rings (SSSR count). The number of esters is 1. The minimum atomic E-state index is -0.303. The second kappa shape index (κ2) is 9.20. The van der Waals surface area contributed by atoms with Crippen molar-refractivity contribution in [3.63, 3.8) is 0 Å². The summed E-state index contributed by atoms with van der Waals surface area (Å²) < 4.78 is 4.95. The first-order valence-corrected chi connectivity index (χ1v) is 10.3. The van der Waals surface area contributed by atoms with E-state index < -0.39 is 0 Å². The maximum absolute atomic E-state index is 12.7. The van der Waals surface area contributed by atoms with Crippen molar-refractivity contribution in [2.75, 3.05) is 26.2 Å². The summed E-state index contributed by atoms with van der Waals surface area (Å²) >= 11 is 0. The number of amides is 3. The van der Waals surface area contributed by atoms with Crippen LogP contribution in [0.2, 0.25) is 0 Å². The first kappa shape index (κ1) is 21.0. The fourth-order valence-corrected chi connectivity index (χ4v) is 3.54. The first-order valence-electron chi connectivity index (χ1n) is 10.3. The summed E-state index contributed by atoms with van der Waals surface area (Å²) in [5.41, 5.74) is 1.79. The van der Waals surface area contributed by atoms with E-state index in [-0.39, 0.29) is 43.1 Å². The number of hydrogen-bond donors (Lipinski definition) is 0. The van der Waals surface area contributed by atoms with E-state index in [4.69, 9.17) is 4.74 Å². The molecule has 7 heteroatoms. The van der Waals surface area contributed by atoms with Gasteiger partial charge in [-0.1, -0.05) is 11.6 Å². The third kappa shape index (κ3) is 5.22. The molecule has 1 aromatic carbocycles. The highest BCUT2D eigenvalue weighted by atomic mass is 16.5. The lowest BCUT2D eigenvalue weighted by molar-refractivity contribution is -0.144. The molecule has 0 saturated heterocycles. The predicted octanol–water partition coefficient (Wildman–Crippen LogP) is 2.56. The second-order valence-corrected chi connectivity index (χ2v) is 7.75. The maximum atomic E-state index is 12.7. The van der Waals surface area contributed by atoms with Crippen molar-refractivity contribution in [3.8, 4) is 0 Å². The van der Waals surface area contributed by atoms with E-state index in [0.717, 1.165) is 18.4 Å². The third-order valence-corrected chi connectivity index (χ3v) is 5.32. The zero-order valence-electron chi connectivity index (χ0n) is 17.1. The molecule has 7 nitrogen and oxygen atoms in total. The second-order valence-electron chi connectivity index (χ2n) is 7.75. The molecule has 1 fully saturated rings. The third-order valence-electron chi connectivity index (χ3n) is 5.32. The summed E-state index contributed by atoms with van der Waals surface area (Å²) in [5.74, 6) is -0.426. The van der Waals surface area contributed by atoms with Gasteiger partial charge in [0, 0.05) is 26.1 Å². The summed E-state index contributed by atoms with van der Waals surface area (Å²) in [6.07, 6.45) is 3.05. The van der Waals surface area contributed by atoms with Crippen LogP contribution in [-0.2, 0) is 14.3 Å². The number of hydrogen-bond acceptors (Lipinski definition) is 5. The highest BCUT2D eigenvalue weighted by Crippen LogP contribution is 2.30. The molecular formula is C22H28N2O5. The van der Waals surface area contributed by atoms with E-state index in [1.54, 1.807) is 24.0 Å². The first-order chi connectivity index (χ1) is 13.9. The van der Waals surface area contributed by atoms with Crippen molar-refractivity contribution in [2.24, 2.45) is 5.92 Å². The van der Waals surface area contributed by atoms with E-state index >= 15 is 0 Å². The van der Waals surface area contributed by atoms with Gasteiger partial charge >= 0.3 is 5.97 Å². The zero-order chi connectivity index (χ0) is 21.0. The van der Waals surface area contributed by atoms with Crippen molar-refractivity contribution < 1.29 is 23.9 Å². The highest BCUT2D eigenvalue weighted by Gasteiger charge is 2.35. The Hall–Kier alpha value is -2.70. The van der Waals surface area contributed by atoms with Crippen LogP contribution < -0.4 is 0 Å². The summed E-state index contributed by atoms with van der Waals surface area (Å²) in [6.45, 7) is 5.18. The number of fused-ring (bicyclic) bond motifs is 1. The molecule has 1 saturated carbocycles. The Kier molecular flexibility index (Phi) is 6.67. The van der Waals surface area contributed by atoms with Crippen molar-refractivity contribution in [1.29, 1.82) is 0 Å². The van der Waals surface area contributed by atoms with Crippen LogP contribution in [0.1, 0.15) is 65.3 Å². The number of aryl methyl sites for hydroxylation is 1. The monoisotopic (exact) mass is 400 g/mol. The quantitative estimate of drug-likeness (QED) is 0.445. The topological polar surface area (TPSA) is 84.0 Å². The van der Waals surface area contributed by atoms with Crippen molar-refractivity contribution >= 4 is 23.7 Å². The summed E-state index contributed by atoms with van der Waals surface area (Å²) in [4.78, 5) is 52.2. The van der Waals surface area contributed by atoms with Gasteiger partial charge in [-0.3, -0.25) is 24.1 Å². The molecule has 156 valence electrons. The van der Waals surface area contributed by atoms with Gasteiger partial charge in [0.15, 0.2) is 0 Å².